The van der Waals surface area contributed by atoms with Crippen LogP contribution in [0.25, 0.3) is 4.91 Å². The van der Waals surface area contributed by atoms with Crippen LogP contribution >= 0.6 is 11.8 Å². The number of oxazole rings is 1. The molecular formula is C28H32N3O8S+. The molecule has 1 aromatic heterocycles. The number of carbonyl (C=O) groups is 3. The van der Waals surface area contributed by atoms with Crippen LogP contribution in [0.3, 0.4) is 0 Å². The van der Waals surface area contributed by atoms with Gasteiger partial charge in [0.15, 0.2) is 11.0 Å². The van der Waals surface area contributed by atoms with E-state index in [9.17, 15) is 19.5 Å². The molecule has 0 saturated carbocycles. The normalized spacial score (nSPS) is 21.2. The van der Waals surface area contributed by atoms with Crippen LogP contribution < -0.4 is 4.74 Å². The molecule has 3 amide bonds. The van der Waals surface area contributed by atoms with Crippen molar-refractivity contribution >= 4 is 39.6 Å². The number of aromatic nitrogens is 1. The van der Waals surface area contributed by atoms with Crippen LogP contribution in [-0.2, 0) is 19.1 Å². The third kappa shape index (κ3) is 4.95. The topological polar surface area (TPSA) is 131 Å². The first kappa shape index (κ1) is 28.1. The van der Waals surface area contributed by atoms with Gasteiger partial charge in [-0.15, -0.1) is 4.90 Å². The molecule has 0 bridgehead atoms. The van der Waals surface area contributed by atoms with Gasteiger partial charge in [-0.3, -0.25) is 0 Å². The van der Waals surface area contributed by atoms with Crippen molar-refractivity contribution in [1.82, 2.24) is 9.88 Å². The average Bonchev–Trinajstić information content (AvgIpc) is 3.59. The zero-order chi connectivity index (χ0) is 28.6. The number of hydrogen-bond acceptors (Lipinski definition) is 9. The zero-order valence-electron chi connectivity index (χ0n) is 22.8. The van der Waals surface area contributed by atoms with Gasteiger partial charge in [0.1, 0.15) is 24.7 Å². The number of carboxylic acid groups (broad SMARTS) is 1. The summed E-state index contributed by atoms with van der Waals surface area (Å²) in [5.74, 6) is -1.84. The van der Waals surface area contributed by atoms with Crippen LogP contribution in [0.1, 0.15) is 51.2 Å². The van der Waals surface area contributed by atoms with Gasteiger partial charge in [-0.25, -0.2) is 14.6 Å². The Kier molecular flexibility index (Phi) is 7.85. The summed E-state index contributed by atoms with van der Waals surface area (Å²) in [4.78, 5) is 45.9. The molecule has 5 rings (SSSR count). The molecule has 12 heteroatoms. The second-order valence-electron chi connectivity index (χ2n) is 10.3. The first-order chi connectivity index (χ1) is 19.1. The summed E-state index contributed by atoms with van der Waals surface area (Å²) in [5.41, 5.74) is -0.422. The van der Waals surface area contributed by atoms with Gasteiger partial charge in [0.05, 0.1) is 24.3 Å². The summed E-state index contributed by atoms with van der Waals surface area (Å²) >= 11 is 1.23. The molecule has 212 valence electrons. The number of amides is 3. The average molecular weight is 571 g/mol. The summed E-state index contributed by atoms with van der Waals surface area (Å²) in [6.45, 7) is 5.64. The Balaban J connectivity index is 1.62. The number of carboxylic acids is 1. The Hall–Kier alpha value is -3.48. The smallest absolute Gasteiger partial charge is 0.496 e. The first-order valence-electron chi connectivity index (χ1n) is 13.1. The van der Waals surface area contributed by atoms with E-state index in [0.717, 1.165) is 10.5 Å². The fraction of sp³-hybridized carbons (Fsp3) is 0.464. The highest BCUT2D eigenvalue weighted by Gasteiger charge is 2.60. The number of carbonyl (C=O) groups excluding carboxylic acids is 2. The second kappa shape index (κ2) is 11.2. The van der Waals surface area contributed by atoms with E-state index in [-0.39, 0.29) is 12.6 Å². The third-order valence-electron chi connectivity index (χ3n) is 7.47. The van der Waals surface area contributed by atoms with Crippen LogP contribution in [0.4, 0.5) is 4.79 Å². The Morgan fingerprint density at radius 1 is 1.27 bits per heavy atom. The number of para-hydroxylation sites is 1. The summed E-state index contributed by atoms with van der Waals surface area (Å²) in [6, 6.07) is 6.69. The lowest BCUT2D eigenvalue weighted by Crippen LogP contribution is -2.63. The van der Waals surface area contributed by atoms with Gasteiger partial charge >= 0.3 is 17.9 Å². The molecule has 0 aliphatic carbocycles. The van der Waals surface area contributed by atoms with E-state index in [0.29, 0.717) is 53.2 Å². The minimum absolute atomic E-state index is 0.0288. The number of rotatable bonds is 9. The van der Waals surface area contributed by atoms with Gasteiger partial charge in [-0.2, -0.15) is 9.37 Å². The van der Waals surface area contributed by atoms with E-state index in [4.69, 9.17) is 18.6 Å². The molecule has 0 spiro atoms. The maximum Gasteiger partial charge on any atom is 0.502 e. The predicted molar refractivity (Wildman–Crippen MR) is 145 cm³/mol. The Morgan fingerprint density at radius 3 is 2.65 bits per heavy atom. The van der Waals surface area contributed by atoms with Gasteiger partial charge < -0.3 is 23.7 Å². The second-order valence-corrected chi connectivity index (χ2v) is 11.4. The molecule has 1 N–H and O–H groups in total. The molecule has 1 fully saturated rings. The minimum Gasteiger partial charge on any atom is -0.496 e. The van der Waals surface area contributed by atoms with Crippen molar-refractivity contribution in [3.63, 3.8) is 0 Å². The number of fused-ring (bicyclic) bond motifs is 1. The van der Waals surface area contributed by atoms with Gasteiger partial charge in [-0.05, 0) is 57.0 Å². The molecular weight excluding hydrogens is 538 g/mol. The molecule has 3 aliphatic rings. The van der Waals surface area contributed by atoms with Crippen molar-refractivity contribution in [2.24, 2.45) is 5.92 Å². The quantitative estimate of drug-likeness (QED) is 0.442. The fourth-order valence-corrected chi connectivity index (χ4v) is 6.52. The summed E-state index contributed by atoms with van der Waals surface area (Å²) in [7, 11) is 1.57. The van der Waals surface area contributed by atoms with Crippen LogP contribution in [0.15, 0.2) is 46.7 Å². The number of thioether (sulfide) groups is 1. The highest BCUT2D eigenvalue weighted by molar-refractivity contribution is 8.22. The monoisotopic (exact) mass is 570 g/mol. The molecule has 0 radical (unpaired) electrons. The third-order valence-corrected chi connectivity index (χ3v) is 8.83. The van der Waals surface area contributed by atoms with Gasteiger partial charge in [-0.1, -0.05) is 18.2 Å². The predicted octanol–water partition coefficient (Wildman–Crippen LogP) is 3.95. The molecule has 1 saturated heterocycles. The van der Waals surface area contributed by atoms with Gasteiger partial charge in [0, 0.05) is 18.8 Å². The number of imide groups is 1. The summed E-state index contributed by atoms with van der Waals surface area (Å²) < 4.78 is 24.7. The van der Waals surface area contributed by atoms with Crippen molar-refractivity contribution < 1.29 is 42.7 Å². The zero-order valence-corrected chi connectivity index (χ0v) is 23.6. The van der Waals surface area contributed by atoms with Crippen molar-refractivity contribution in [3.8, 4) is 5.75 Å². The highest BCUT2D eigenvalue weighted by Crippen LogP contribution is 2.47. The van der Waals surface area contributed by atoms with Crippen LogP contribution in [0, 0.1) is 5.92 Å². The van der Waals surface area contributed by atoms with Crippen molar-refractivity contribution in [1.29, 1.82) is 0 Å². The number of hydrogen-bond donors (Lipinski definition) is 1. The van der Waals surface area contributed by atoms with E-state index in [1.807, 2.05) is 24.3 Å². The van der Waals surface area contributed by atoms with Crippen molar-refractivity contribution in [3.05, 3.63) is 53.8 Å². The standard InChI is InChI=1S/C28H31N3O8S/c1-16-21-24(32)31(28(2,3)26(33)34)27(35)30(25(21)40-22(16)23-29-11-14-38-23)15-20(39-17-9-12-37-13-10-17)18-7-5-6-8-19(18)36-4/h5-8,11,14,17,20-21H,9-10,12-13,15H2,1-4H3/p+1/t20-,21?/m0/s1. The number of nitrogens with zero attached hydrogens (tertiary/aromatic N) is 3. The molecule has 2 atom stereocenters. The van der Waals surface area contributed by atoms with Gasteiger partial charge in [0.2, 0.25) is 11.4 Å². The first-order valence-corrected chi connectivity index (χ1v) is 13.9. The molecule has 11 nitrogen and oxygen atoms in total. The molecule has 40 heavy (non-hydrogen) atoms. The number of methoxy groups -OCH3 is 1. The Labute approximate surface area is 235 Å². The van der Waals surface area contributed by atoms with E-state index in [2.05, 4.69) is 4.98 Å². The lowest BCUT2D eigenvalue weighted by molar-refractivity contribution is -0.455. The fourth-order valence-electron chi connectivity index (χ4n) is 5.18. The number of benzene rings is 1. The van der Waals surface area contributed by atoms with Crippen LogP contribution in [-0.4, -0.2) is 81.0 Å². The molecule has 1 unspecified atom stereocenters. The minimum atomic E-state index is -1.80. The Morgan fingerprint density at radius 2 is 2.00 bits per heavy atom. The van der Waals surface area contributed by atoms with Crippen LogP contribution in [0.2, 0.25) is 0 Å². The summed E-state index contributed by atoms with van der Waals surface area (Å²) in [5, 5.41) is 10.5. The molecule has 2 aromatic rings. The lowest BCUT2D eigenvalue weighted by Gasteiger charge is -2.34. The van der Waals surface area contributed by atoms with Crippen LogP contribution in [0.5, 0.6) is 5.75 Å². The van der Waals surface area contributed by atoms with Crippen molar-refractivity contribution in [2.45, 2.75) is 51.4 Å². The molecule has 4 heterocycles. The molecule has 3 aliphatic heterocycles. The SMILES string of the molecule is COc1ccccc1[C@H](C[N+]1=C2SC(c3ncco3)=C(C)C2C(=O)N(C(C)(C)C(=O)O)C1=O)OC1CCOCC1. The highest BCUT2D eigenvalue weighted by atomic mass is 32.2. The lowest BCUT2D eigenvalue weighted by atomic mass is 9.93. The van der Waals surface area contributed by atoms with E-state index in [1.165, 1.54) is 42.6 Å². The number of ether oxygens (including phenoxy) is 3. The number of aliphatic carboxylic acids is 1. The summed E-state index contributed by atoms with van der Waals surface area (Å²) in [6.07, 6.45) is 3.58. The largest absolute Gasteiger partial charge is 0.502 e. The maximum absolute atomic E-state index is 14.1. The Bertz CT molecular complexity index is 1380. The number of urea groups is 1. The van der Waals surface area contributed by atoms with Crippen molar-refractivity contribution in [2.75, 3.05) is 26.9 Å². The van der Waals surface area contributed by atoms with E-state index >= 15 is 0 Å². The van der Waals surface area contributed by atoms with E-state index in [1.54, 1.807) is 14.0 Å². The maximum atomic E-state index is 14.1. The van der Waals surface area contributed by atoms with Gasteiger partial charge in [0.25, 0.3) is 0 Å². The molecule has 1 aromatic carbocycles. The van der Waals surface area contributed by atoms with E-state index < -0.39 is 35.5 Å².